The van der Waals surface area contributed by atoms with Crippen molar-refractivity contribution in [1.82, 2.24) is 5.16 Å². The van der Waals surface area contributed by atoms with Gasteiger partial charge in [-0.15, -0.1) is 0 Å². The van der Waals surface area contributed by atoms with Gasteiger partial charge in [-0.1, -0.05) is 84.0 Å². The van der Waals surface area contributed by atoms with Gasteiger partial charge in [0.15, 0.2) is 5.76 Å². The summed E-state index contributed by atoms with van der Waals surface area (Å²) in [6.45, 7) is 2.05. The van der Waals surface area contributed by atoms with Crippen LogP contribution >= 0.6 is 0 Å². The van der Waals surface area contributed by atoms with E-state index in [1.807, 2.05) is 78.9 Å². The Bertz CT molecular complexity index is 1300. The van der Waals surface area contributed by atoms with Gasteiger partial charge in [0.05, 0.1) is 13.0 Å². The number of carbonyl (C=O) groups excluding carboxylic acids is 1. The molecule has 0 aliphatic rings. The van der Waals surface area contributed by atoms with Crippen molar-refractivity contribution in [2.24, 2.45) is 0 Å². The fourth-order valence-corrected chi connectivity index (χ4v) is 3.84. The number of aryl methyl sites for hydroxylation is 1. The van der Waals surface area contributed by atoms with Crippen molar-refractivity contribution in [2.75, 3.05) is 18.6 Å². The first-order chi connectivity index (χ1) is 16.9. The molecule has 4 aromatic rings. The number of nitrogens with zero attached hydrogens (tertiary/aromatic N) is 2. The highest BCUT2D eigenvalue weighted by molar-refractivity contribution is 5.92. The summed E-state index contributed by atoms with van der Waals surface area (Å²) in [5.74, 6) is -0.376. The standard InChI is InChI=1S/C28H26N2O5/c1-19-26(30(2)28(33)34-17-16-20-6-4-3-5-7-20)27(35-29-19)24-14-12-23(13-15-24)22-10-8-21(9-11-22)18-25(31)32/h3-15H,16-18H2,1-2H3,(H,31,32). The largest absolute Gasteiger partial charge is 0.481 e. The molecule has 1 heterocycles. The molecule has 0 fully saturated rings. The smallest absolute Gasteiger partial charge is 0.414 e. The summed E-state index contributed by atoms with van der Waals surface area (Å²) in [6, 6.07) is 25.0. The molecule has 4 rings (SSSR count). The van der Waals surface area contributed by atoms with Crippen LogP contribution in [0.1, 0.15) is 16.8 Å². The minimum atomic E-state index is -0.856. The minimum absolute atomic E-state index is 0.00491. The third-order valence-corrected chi connectivity index (χ3v) is 5.69. The van der Waals surface area contributed by atoms with Gasteiger partial charge in [0.1, 0.15) is 11.4 Å². The molecule has 7 nitrogen and oxygen atoms in total. The van der Waals surface area contributed by atoms with E-state index < -0.39 is 12.1 Å². The first-order valence-corrected chi connectivity index (χ1v) is 11.2. The Hall–Kier alpha value is -4.39. The number of aliphatic carboxylic acids is 1. The highest BCUT2D eigenvalue weighted by atomic mass is 16.6. The van der Waals surface area contributed by atoms with Crippen molar-refractivity contribution < 1.29 is 24.0 Å². The summed E-state index contributed by atoms with van der Waals surface area (Å²) in [5, 5.41) is 13.0. The summed E-state index contributed by atoms with van der Waals surface area (Å²) >= 11 is 0. The van der Waals surface area contributed by atoms with Crippen molar-refractivity contribution in [3.63, 3.8) is 0 Å². The summed E-state index contributed by atoms with van der Waals surface area (Å²) < 4.78 is 11.0. The summed E-state index contributed by atoms with van der Waals surface area (Å²) in [7, 11) is 1.64. The van der Waals surface area contributed by atoms with Crippen LogP contribution in [0.4, 0.5) is 10.5 Å². The van der Waals surface area contributed by atoms with Gasteiger partial charge >= 0.3 is 12.1 Å². The number of rotatable bonds is 8. The molecule has 0 atom stereocenters. The maximum Gasteiger partial charge on any atom is 0.414 e. The first kappa shape index (κ1) is 23.8. The number of hydrogen-bond donors (Lipinski definition) is 1. The first-order valence-electron chi connectivity index (χ1n) is 11.2. The molecule has 0 radical (unpaired) electrons. The van der Waals surface area contributed by atoms with Crippen molar-refractivity contribution >= 4 is 17.7 Å². The Morgan fingerprint density at radius 2 is 1.49 bits per heavy atom. The fraction of sp³-hybridized carbons (Fsp3) is 0.179. The quantitative estimate of drug-likeness (QED) is 0.352. The van der Waals surface area contributed by atoms with E-state index >= 15 is 0 Å². The highest BCUT2D eigenvalue weighted by Gasteiger charge is 2.24. The Balaban J connectivity index is 1.46. The molecule has 7 heteroatoms. The van der Waals surface area contributed by atoms with Crippen molar-refractivity contribution in [2.45, 2.75) is 19.8 Å². The maximum atomic E-state index is 12.7. The average Bonchev–Trinajstić information content (AvgIpc) is 3.25. The lowest BCUT2D eigenvalue weighted by Crippen LogP contribution is -2.28. The lowest BCUT2D eigenvalue weighted by atomic mass is 10.0. The Labute approximate surface area is 203 Å². The molecule has 178 valence electrons. The van der Waals surface area contributed by atoms with Crippen LogP contribution in [0, 0.1) is 6.92 Å². The molecule has 0 spiro atoms. The molecule has 0 unspecified atom stereocenters. The van der Waals surface area contributed by atoms with E-state index in [1.54, 1.807) is 14.0 Å². The molecule has 0 aliphatic carbocycles. The molecule has 0 bridgehead atoms. The van der Waals surface area contributed by atoms with Crippen LogP contribution in [0.15, 0.2) is 83.4 Å². The molecule has 0 aliphatic heterocycles. The molecule has 3 aromatic carbocycles. The Kier molecular flexibility index (Phi) is 7.26. The van der Waals surface area contributed by atoms with Gasteiger partial charge in [-0.3, -0.25) is 9.69 Å². The van der Waals surface area contributed by atoms with E-state index in [0.717, 1.165) is 27.8 Å². The van der Waals surface area contributed by atoms with E-state index in [4.69, 9.17) is 14.4 Å². The zero-order chi connectivity index (χ0) is 24.8. The number of carboxylic acids is 1. The second-order valence-corrected chi connectivity index (χ2v) is 8.20. The molecular weight excluding hydrogens is 444 g/mol. The van der Waals surface area contributed by atoms with Gasteiger partial charge in [-0.05, 0) is 29.2 Å². The minimum Gasteiger partial charge on any atom is -0.481 e. The van der Waals surface area contributed by atoms with Gasteiger partial charge in [0, 0.05) is 19.0 Å². The zero-order valence-electron chi connectivity index (χ0n) is 19.6. The average molecular weight is 471 g/mol. The molecule has 0 saturated carbocycles. The van der Waals surface area contributed by atoms with E-state index in [1.165, 1.54) is 4.90 Å². The summed E-state index contributed by atoms with van der Waals surface area (Å²) in [6.07, 6.45) is 0.149. The number of ether oxygens (including phenoxy) is 1. The molecule has 1 aromatic heterocycles. The van der Waals surface area contributed by atoms with E-state index in [0.29, 0.717) is 23.6 Å². The molecule has 1 N–H and O–H groups in total. The molecular formula is C28H26N2O5. The van der Waals surface area contributed by atoms with Crippen LogP contribution in [0.25, 0.3) is 22.5 Å². The topological polar surface area (TPSA) is 92.9 Å². The van der Waals surface area contributed by atoms with Gasteiger partial charge in [-0.2, -0.15) is 0 Å². The highest BCUT2D eigenvalue weighted by Crippen LogP contribution is 2.35. The van der Waals surface area contributed by atoms with Crippen molar-refractivity contribution in [3.8, 4) is 22.5 Å². The number of benzene rings is 3. The fourth-order valence-electron chi connectivity index (χ4n) is 3.84. The molecule has 35 heavy (non-hydrogen) atoms. The number of anilines is 1. The van der Waals surface area contributed by atoms with E-state index in [2.05, 4.69) is 5.16 Å². The lowest BCUT2D eigenvalue weighted by molar-refractivity contribution is -0.136. The van der Waals surface area contributed by atoms with Crippen LogP contribution in [-0.4, -0.2) is 36.0 Å². The van der Waals surface area contributed by atoms with Crippen LogP contribution < -0.4 is 4.90 Å². The number of aromatic nitrogens is 1. The number of hydrogen-bond acceptors (Lipinski definition) is 5. The lowest BCUT2D eigenvalue weighted by Gasteiger charge is -2.17. The molecule has 1 amide bonds. The van der Waals surface area contributed by atoms with Crippen LogP contribution in [0.5, 0.6) is 0 Å². The maximum absolute atomic E-state index is 12.7. The summed E-state index contributed by atoms with van der Waals surface area (Å²) in [4.78, 5) is 25.0. The number of amides is 1. The number of carbonyl (C=O) groups is 2. The third-order valence-electron chi connectivity index (χ3n) is 5.69. The van der Waals surface area contributed by atoms with Crippen LogP contribution in [0.2, 0.25) is 0 Å². The van der Waals surface area contributed by atoms with E-state index in [-0.39, 0.29) is 13.0 Å². The van der Waals surface area contributed by atoms with Crippen molar-refractivity contribution in [1.29, 1.82) is 0 Å². The van der Waals surface area contributed by atoms with Gasteiger partial charge < -0.3 is 14.4 Å². The second-order valence-electron chi connectivity index (χ2n) is 8.20. The van der Waals surface area contributed by atoms with Gasteiger partial charge in [0.2, 0.25) is 0 Å². The zero-order valence-corrected chi connectivity index (χ0v) is 19.6. The van der Waals surface area contributed by atoms with Crippen LogP contribution in [0.3, 0.4) is 0 Å². The van der Waals surface area contributed by atoms with E-state index in [9.17, 15) is 9.59 Å². The predicted molar refractivity (Wildman–Crippen MR) is 133 cm³/mol. The monoisotopic (exact) mass is 470 g/mol. The normalized spacial score (nSPS) is 10.7. The Morgan fingerprint density at radius 3 is 2.11 bits per heavy atom. The SMILES string of the molecule is Cc1noc(-c2ccc(-c3ccc(CC(=O)O)cc3)cc2)c1N(C)C(=O)OCCc1ccccc1. The predicted octanol–water partition coefficient (Wildman–Crippen LogP) is 5.76. The Morgan fingerprint density at radius 1 is 0.886 bits per heavy atom. The molecule has 0 saturated heterocycles. The van der Waals surface area contributed by atoms with Gasteiger partial charge in [0.25, 0.3) is 0 Å². The van der Waals surface area contributed by atoms with Gasteiger partial charge in [-0.25, -0.2) is 4.79 Å². The van der Waals surface area contributed by atoms with Crippen molar-refractivity contribution in [3.05, 3.63) is 95.7 Å². The van der Waals surface area contributed by atoms with Crippen LogP contribution in [-0.2, 0) is 22.4 Å². The summed E-state index contributed by atoms with van der Waals surface area (Å²) in [5.41, 5.74) is 5.71. The number of carboxylic acid groups (broad SMARTS) is 1. The second kappa shape index (κ2) is 10.7. The third kappa shape index (κ3) is 5.76.